The highest BCUT2D eigenvalue weighted by molar-refractivity contribution is 5.79. The highest BCUT2D eigenvalue weighted by Crippen LogP contribution is 2.20. The fraction of sp³-hybridized carbons (Fsp3) is 0.846. The zero-order valence-electron chi connectivity index (χ0n) is 11.7. The number of ether oxygens (including phenoxy) is 1. The molecule has 0 aromatic rings. The maximum absolute atomic E-state index is 11.9. The summed E-state index contributed by atoms with van der Waals surface area (Å²) in [7, 11) is 0. The van der Waals surface area contributed by atoms with Gasteiger partial charge in [-0.1, -0.05) is 27.7 Å². The lowest BCUT2D eigenvalue weighted by molar-refractivity contribution is -0.138. The monoisotopic (exact) mass is 259 g/mol. The van der Waals surface area contributed by atoms with Gasteiger partial charge in [0.1, 0.15) is 0 Å². The van der Waals surface area contributed by atoms with Crippen LogP contribution < -0.4 is 5.32 Å². The van der Waals surface area contributed by atoms with Crippen LogP contribution in [-0.2, 0) is 14.3 Å². The molecule has 106 valence electrons. The Labute approximate surface area is 109 Å². The minimum absolute atomic E-state index is 0.00372. The Morgan fingerprint density at radius 1 is 1.11 bits per heavy atom. The smallest absolute Gasteiger partial charge is 0.305 e. The van der Waals surface area contributed by atoms with Gasteiger partial charge in [-0.25, -0.2) is 0 Å². The number of carbonyl (C=O) groups excluding carboxylic acids is 1. The summed E-state index contributed by atoms with van der Waals surface area (Å²) in [6.07, 6.45) is -0.00540. The number of rotatable bonds is 9. The standard InChI is InChI=1S/C13H25NO4/c1-9(2)12(10(3)4)13(17)14-6-8-18-7-5-11(15)16/h9-10,12H,5-8H2,1-4H3,(H,14,17)(H,15,16). The van der Waals surface area contributed by atoms with Crippen molar-refractivity contribution < 1.29 is 19.4 Å². The third-order valence-corrected chi connectivity index (χ3v) is 2.75. The number of aliphatic carboxylic acids is 1. The molecule has 0 radical (unpaired) electrons. The predicted octanol–water partition coefficient (Wildman–Crippen LogP) is 1.52. The van der Waals surface area contributed by atoms with E-state index in [4.69, 9.17) is 9.84 Å². The molecule has 0 unspecified atom stereocenters. The Morgan fingerprint density at radius 3 is 2.11 bits per heavy atom. The molecule has 0 atom stereocenters. The summed E-state index contributed by atoms with van der Waals surface area (Å²) in [4.78, 5) is 22.1. The molecule has 5 nitrogen and oxygen atoms in total. The van der Waals surface area contributed by atoms with Gasteiger partial charge in [-0.2, -0.15) is 0 Å². The van der Waals surface area contributed by atoms with Crippen LogP contribution >= 0.6 is 0 Å². The first-order valence-corrected chi connectivity index (χ1v) is 6.43. The van der Waals surface area contributed by atoms with Gasteiger partial charge in [-0.15, -0.1) is 0 Å². The van der Waals surface area contributed by atoms with Gasteiger partial charge in [-0.3, -0.25) is 9.59 Å². The van der Waals surface area contributed by atoms with Gasteiger partial charge in [0.15, 0.2) is 0 Å². The van der Waals surface area contributed by atoms with Crippen molar-refractivity contribution in [1.29, 1.82) is 0 Å². The molecule has 0 aliphatic heterocycles. The van der Waals surface area contributed by atoms with Crippen molar-refractivity contribution in [2.45, 2.75) is 34.1 Å². The maximum atomic E-state index is 11.9. The van der Waals surface area contributed by atoms with E-state index in [1.165, 1.54) is 0 Å². The number of carboxylic acids is 1. The molecule has 0 aliphatic carbocycles. The van der Waals surface area contributed by atoms with E-state index >= 15 is 0 Å². The Hall–Kier alpha value is -1.10. The number of carbonyl (C=O) groups is 2. The number of hydrogen-bond acceptors (Lipinski definition) is 3. The first-order chi connectivity index (χ1) is 8.36. The molecule has 0 saturated heterocycles. The Bertz CT molecular complexity index is 256. The molecule has 0 rings (SSSR count). The van der Waals surface area contributed by atoms with Crippen LogP contribution in [0.5, 0.6) is 0 Å². The summed E-state index contributed by atoms with van der Waals surface area (Å²) in [5.74, 6) is -0.222. The van der Waals surface area contributed by atoms with Gasteiger partial charge in [0.25, 0.3) is 0 Å². The van der Waals surface area contributed by atoms with Crippen molar-refractivity contribution >= 4 is 11.9 Å². The summed E-state index contributed by atoms with van der Waals surface area (Å²) in [6, 6.07) is 0. The van der Waals surface area contributed by atoms with Crippen molar-refractivity contribution in [1.82, 2.24) is 5.32 Å². The SMILES string of the molecule is CC(C)C(C(=O)NCCOCCC(=O)O)C(C)C. The molecule has 5 heteroatoms. The molecule has 0 aromatic heterocycles. The van der Waals surface area contributed by atoms with E-state index in [1.54, 1.807) is 0 Å². The van der Waals surface area contributed by atoms with Crippen molar-refractivity contribution in [3.8, 4) is 0 Å². The molecule has 0 aliphatic rings. The van der Waals surface area contributed by atoms with E-state index in [1.807, 2.05) is 27.7 Å². The first kappa shape index (κ1) is 16.9. The van der Waals surface area contributed by atoms with Gasteiger partial charge in [-0.05, 0) is 11.8 Å². The molecule has 0 heterocycles. The van der Waals surface area contributed by atoms with E-state index in [-0.39, 0.29) is 24.9 Å². The number of hydrogen-bond donors (Lipinski definition) is 2. The third-order valence-electron chi connectivity index (χ3n) is 2.75. The molecule has 0 bridgehead atoms. The van der Waals surface area contributed by atoms with Gasteiger partial charge in [0.05, 0.1) is 19.6 Å². The number of carboxylic acid groups (broad SMARTS) is 1. The lowest BCUT2D eigenvalue weighted by Crippen LogP contribution is -2.38. The van der Waals surface area contributed by atoms with Crippen molar-refractivity contribution in [2.24, 2.45) is 17.8 Å². The van der Waals surface area contributed by atoms with Crippen molar-refractivity contribution in [3.05, 3.63) is 0 Å². The van der Waals surface area contributed by atoms with Gasteiger partial charge in [0.2, 0.25) is 5.91 Å². The number of nitrogens with one attached hydrogen (secondary N) is 1. The average Bonchev–Trinajstić information content (AvgIpc) is 2.21. The summed E-state index contributed by atoms with van der Waals surface area (Å²) < 4.78 is 5.10. The molecule has 18 heavy (non-hydrogen) atoms. The molecular formula is C13H25NO4. The second-order valence-corrected chi connectivity index (χ2v) is 5.06. The quantitative estimate of drug-likeness (QED) is 0.616. The molecule has 1 amide bonds. The fourth-order valence-corrected chi connectivity index (χ4v) is 2.00. The molecule has 0 saturated carbocycles. The summed E-state index contributed by atoms with van der Waals surface area (Å²) in [5.41, 5.74) is 0. The molecular weight excluding hydrogens is 234 g/mol. The number of amides is 1. The summed E-state index contributed by atoms with van der Waals surface area (Å²) in [5, 5.41) is 11.2. The van der Waals surface area contributed by atoms with Crippen LogP contribution in [0.1, 0.15) is 34.1 Å². The van der Waals surface area contributed by atoms with E-state index in [9.17, 15) is 9.59 Å². The maximum Gasteiger partial charge on any atom is 0.305 e. The Balaban J connectivity index is 3.78. The van der Waals surface area contributed by atoms with Crippen LogP contribution in [0.25, 0.3) is 0 Å². The van der Waals surface area contributed by atoms with Crippen LogP contribution in [0.3, 0.4) is 0 Å². The predicted molar refractivity (Wildman–Crippen MR) is 69.2 cm³/mol. The second-order valence-electron chi connectivity index (χ2n) is 5.06. The highest BCUT2D eigenvalue weighted by atomic mass is 16.5. The molecule has 0 aromatic carbocycles. The largest absolute Gasteiger partial charge is 0.481 e. The normalized spacial score (nSPS) is 11.3. The van der Waals surface area contributed by atoms with Crippen LogP contribution in [-0.4, -0.2) is 36.7 Å². The van der Waals surface area contributed by atoms with E-state index in [0.29, 0.717) is 25.0 Å². The zero-order valence-corrected chi connectivity index (χ0v) is 11.7. The van der Waals surface area contributed by atoms with Crippen LogP contribution in [0.4, 0.5) is 0 Å². The summed E-state index contributed by atoms with van der Waals surface area (Å²) in [6.45, 7) is 9.10. The lowest BCUT2D eigenvalue weighted by atomic mass is 9.85. The van der Waals surface area contributed by atoms with Crippen molar-refractivity contribution in [3.63, 3.8) is 0 Å². The van der Waals surface area contributed by atoms with Crippen LogP contribution in [0, 0.1) is 17.8 Å². The molecule has 0 spiro atoms. The second kappa shape index (κ2) is 8.91. The molecule has 0 fully saturated rings. The van der Waals surface area contributed by atoms with Gasteiger partial charge in [0, 0.05) is 12.5 Å². The average molecular weight is 259 g/mol. The summed E-state index contributed by atoms with van der Waals surface area (Å²) >= 11 is 0. The Morgan fingerprint density at radius 2 is 1.67 bits per heavy atom. The minimum atomic E-state index is -0.876. The lowest BCUT2D eigenvalue weighted by Gasteiger charge is -2.23. The topological polar surface area (TPSA) is 75.6 Å². The first-order valence-electron chi connectivity index (χ1n) is 6.43. The van der Waals surface area contributed by atoms with Gasteiger partial charge >= 0.3 is 5.97 Å². The highest BCUT2D eigenvalue weighted by Gasteiger charge is 2.24. The zero-order chi connectivity index (χ0) is 14.1. The fourth-order valence-electron chi connectivity index (χ4n) is 2.00. The minimum Gasteiger partial charge on any atom is -0.481 e. The third kappa shape index (κ3) is 7.27. The van der Waals surface area contributed by atoms with Gasteiger partial charge < -0.3 is 15.2 Å². The van der Waals surface area contributed by atoms with Crippen LogP contribution in [0.2, 0.25) is 0 Å². The van der Waals surface area contributed by atoms with E-state index in [0.717, 1.165) is 0 Å². The van der Waals surface area contributed by atoms with Crippen LogP contribution in [0.15, 0.2) is 0 Å². The van der Waals surface area contributed by atoms with Crippen molar-refractivity contribution in [2.75, 3.05) is 19.8 Å². The van der Waals surface area contributed by atoms with E-state index < -0.39 is 5.97 Å². The Kier molecular flexibility index (Phi) is 8.37. The van der Waals surface area contributed by atoms with E-state index in [2.05, 4.69) is 5.32 Å². The molecule has 2 N–H and O–H groups in total.